The third kappa shape index (κ3) is 2.27. The highest BCUT2D eigenvalue weighted by atomic mass is 32.1. The molecule has 0 amide bonds. The quantitative estimate of drug-likeness (QED) is 0.904. The third-order valence-corrected chi connectivity index (χ3v) is 4.00. The number of aromatic nitrogens is 2. The Morgan fingerprint density at radius 1 is 1.24 bits per heavy atom. The van der Waals surface area contributed by atoms with E-state index in [9.17, 15) is 0 Å². The fourth-order valence-electron chi connectivity index (χ4n) is 1.93. The zero-order valence-electron chi connectivity index (χ0n) is 11.1. The van der Waals surface area contributed by atoms with Crippen molar-refractivity contribution in [2.24, 2.45) is 5.92 Å². The van der Waals surface area contributed by atoms with Crippen LogP contribution >= 0.6 is 11.3 Å². The van der Waals surface area contributed by atoms with Gasteiger partial charge in [-0.05, 0) is 25.3 Å². The molecule has 3 nitrogen and oxygen atoms in total. The molecule has 4 heteroatoms. The first-order chi connectivity index (χ1) is 8.02. The topological polar surface area (TPSA) is 37.8 Å². The summed E-state index contributed by atoms with van der Waals surface area (Å²) in [7, 11) is 1.92. The van der Waals surface area contributed by atoms with Crippen LogP contribution in [0.5, 0.6) is 0 Å². The molecule has 2 heterocycles. The molecule has 0 saturated carbocycles. The van der Waals surface area contributed by atoms with Crippen molar-refractivity contribution in [3.8, 4) is 0 Å². The van der Waals surface area contributed by atoms with Crippen molar-refractivity contribution in [3.05, 3.63) is 16.3 Å². The van der Waals surface area contributed by atoms with Crippen LogP contribution in [0.2, 0.25) is 0 Å². The molecule has 2 aromatic heterocycles. The molecule has 0 fully saturated rings. The first-order valence-corrected chi connectivity index (χ1v) is 6.79. The molecule has 2 aromatic rings. The lowest BCUT2D eigenvalue weighted by atomic mass is 10.1. The standard InChI is InChI=1S/C13H19N3S/c1-7(2)6-10-15-12(14-5)11-8(3)9(4)17-13(11)16-10/h7H,6H2,1-5H3,(H,14,15,16). The third-order valence-electron chi connectivity index (χ3n) is 2.90. The largest absolute Gasteiger partial charge is 0.372 e. The maximum atomic E-state index is 4.67. The van der Waals surface area contributed by atoms with Gasteiger partial charge in [-0.15, -0.1) is 11.3 Å². The van der Waals surface area contributed by atoms with E-state index < -0.39 is 0 Å². The minimum atomic E-state index is 0.583. The number of aryl methyl sites for hydroxylation is 2. The Hall–Kier alpha value is -1.16. The van der Waals surface area contributed by atoms with Crippen LogP contribution in [0.4, 0.5) is 5.82 Å². The van der Waals surface area contributed by atoms with Gasteiger partial charge in [0.2, 0.25) is 0 Å². The summed E-state index contributed by atoms with van der Waals surface area (Å²) in [6.07, 6.45) is 0.931. The zero-order chi connectivity index (χ0) is 12.6. The molecule has 0 bridgehead atoms. The van der Waals surface area contributed by atoms with Crippen LogP contribution in [0.15, 0.2) is 0 Å². The zero-order valence-corrected chi connectivity index (χ0v) is 11.9. The van der Waals surface area contributed by atoms with Gasteiger partial charge in [0.05, 0.1) is 5.39 Å². The minimum Gasteiger partial charge on any atom is -0.372 e. The van der Waals surface area contributed by atoms with Crippen LogP contribution in [0.1, 0.15) is 30.1 Å². The van der Waals surface area contributed by atoms with Crippen LogP contribution < -0.4 is 5.32 Å². The van der Waals surface area contributed by atoms with Crippen molar-refractivity contribution in [2.45, 2.75) is 34.1 Å². The second-order valence-electron chi connectivity index (χ2n) is 4.80. The van der Waals surface area contributed by atoms with Crippen LogP contribution in [-0.2, 0) is 6.42 Å². The van der Waals surface area contributed by atoms with Gasteiger partial charge in [-0.2, -0.15) is 0 Å². The Morgan fingerprint density at radius 2 is 1.94 bits per heavy atom. The van der Waals surface area contributed by atoms with E-state index in [0.29, 0.717) is 5.92 Å². The number of rotatable bonds is 3. The summed E-state index contributed by atoms with van der Waals surface area (Å²) in [5, 5.41) is 4.38. The number of nitrogens with one attached hydrogen (secondary N) is 1. The van der Waals surface area contributed by atoms with Crippen molar-refractivity contribution in [2.75, 3.05) is 12.4 Å². The van der Waals surface area contributed by atoms with E-state index in [1.165, 1.54) is 15.8 Å². The van der Waals surface area contributed by atoms with E-state index in [1.807, 2.05) is 7.05 Å². The molecule has 0 aliphatic carbocycles. The van der Waals surface area contributed by atoms with Gasteiger partial charge in [-0.3, -0.25) is 0 Å². The molecular formula is C13H19N3S. The molecule has 1 N–H and O–H groups in total. The van der Waals surface area contributed by atoms with Gasteiger partial charge < -0.3 is 5.32 Å². The molecule has 92 valence electrons. The molecule has 0 aromatic carbocycles. The first kappa shape index (κ1) is 12.3. The Balaban J connectivity index is 2.62. The number of thiophene rings is 1. The first-order valence-electron chi connectivity index (χ1n) is 5.97. The lowest BCUT2D eigenvalue weighted by Gasteiger charge is -2.07. The summed E-state index contributed by atoms with van der Waals surface area (Å²) in [6, 6.07) is 0. The normalized spacial score (nSPS) is 11.4. The Morgan fingerprint density at radius 3 is 2.53 bits per heavy atom. The van der Waals surface area contributed by atoms with Crippen LogP contribution in [0, 0.1) is 19.8 Å². The van der Waals surface area contributed by atoms with Crippen molar-refractivity contribution in [3.63, 3.8) is 0 Å². The summed E-state index contributed by atoms with van der Waals surface area (Å²) < 4.78 is 0. The molecule has 0 unspecified atom stereocenters. The molecule has 0 aliphatic heterocycles. The van der Waals surface area contributed by atoms with Gasteiger partial charge in [0.1, 0.15) is 16.5 Å². The number of fused-ring (bicyclic) bond motifs is 1. The number of nitrogens with zero attached hydrogens (tertiary/aromatic N) is 2. The number of hydrogen-bond donors (Lipinski definition) is 1. The average molecular weight is 249 g/mol. The van der Waals surface area contributed by atoms with Gasteiger partial charge in [-0.25, -0.2) is 9.97 Å². The van der Waals surface area contributed by atoms with E-state index in [1.54, 1.807) is 11.3 Å². The average Bonchev–Trinajstić information content (AvgIpc) is 2.53. The van der Waals surface area contributed by atoms with Crippen molar-refractivity contribution < 1.29 is 0 Å². The Bertz CT molecular complexity index is 543. The highest BCUT2D eigenvalue weighted by molar-refractivity contribution is 7.18. The lowest BCUT2D eigenvalue weighted by Crippen LogP contribution is -2.04. The smallest absolute Gasteiger partial charge is 0.138 e. The molecule has 2 rings (SSSR count). The Labute approximate surface area is 106 Å². The van der Waals surface area contributed by atoms with Crippen LogP contribution in [0.3, 0.4) is 0 Å². The molecule has 0 radical (unpaired) electrons. The lowest BCUT2D eigenvalue weighted by molar-refractivity contribution is 0.623. The summed E-state index contributed by atoms with van der Waals surface area (Å²) in [5.41, 5.74) is 1.30. The second-order valence-corrected chi connectivity index (χ2v) is 6.00. The monoisotopic (exact) mass is 249 g/mol. The fourth-order valence-corrected chi connectivity index (χ4v) is 2.98. The van der Waals surface area contributed by atoms with E-state index in [-0.39, 0.29) is 0 Å². The molecule has 0 aliphatic rings. The minimum absolute atomic E-state index is 0.583. The molecule has 0 spiro atoms. The second kappa shape index (κ2) is 4.61. The van der Waals surface area contributed by atoms with Crippen molar-refractivity contribution in [1.82, 2.24) is 9.97 Å². The van der Waals surface area contributed by atoms with Gasteiger partial charge in [0.25, 0.3) is 0 Å². The van der Waals surface area contributed by atoms with E-state index in [2.05, 4.69) is 43.0 Å². The van der Waals surface area contributed by atoms with E-state index in [4.69, 9.17) is 0 Å². The molecule has 17 heavy (non-hydrogen) atoms. The summed E-state index contributed by atoms with van der Waals surface area (Å²) >= 11 is 1.76. The molecule has 0 saturated heterocycles. The predicted molar refractivity (Wildman–Crippen MR) is 75.0 cm³/mol. The van der Waals surface area contributed by atoms with Crippen LogP contribution in [-0.4, -0.2) is 17.0 Å². The van der Waals surface area contributed by atoms with Crippen LogP contribution in [0.25, 0.3) is 10.2 Å². The summed E-state index contributed by atoms with van der Waals surface area (Å²) in [5.74, 6) is 2.49. The number of anilines is 1. The van der Waals surface area contributed by atoms with E-state index in [0.717, 1.165) is 22.9 Å². The fraction of sp³-hybridized carbons (Fsp3) is 0.538. The highest BCUT2D eigenvalue weighted by Crippen LogP contribution is 2.33. The van der Waals surface area contributed by atoms with Crippen molar-refractivity contribution in [1.29, 1.82) is 0 Å². The van der Waals surface area contributed by atoms with Crippen molar-refractivity contribution >= 4 is 27.4 Å². The predicted octanol–water partition coefficient (Wildman–Crippen LogP) is 3.55. The summed E-state index contributed by atoms with van der Waals surface area (Å²) in [4.78, 5) is 11.7. The molecular weight excluding hydrogens is 230 g/mol. The Kier molecular flexibility index (Phi) is 3.33. The SMILES string of the molecule is CNc1nc(CC(C)C)nc2sc(C)c(C)c12. The molecule has 0 atom stereocenters. The maximum Gasteiger partial charge on any atom is 0.138 e. The van der Waals surface area contributed by atoms with Gasteiger partial charge in [-0.1, -0.05) is 13.8 Å². The number of hydrogen-bond acceptors (Lipinski definition) is 4. The van der Waals surface area contributed by atoms with Gasteiger partial charge in [0, 0.05) is 18.3 Å². The maximum absolute atomic E-state index is 4.67. The highest BCUT2D eigenvalue weighted by Gasteiger charge is 2.14. The van der Waals surface area contributed by atoms with E-state index >= 15 is 0 Å². The van der Waals surface area contributed by atoms with Gasteiger partial charge in [0.15, 0.2) is 0 Å². The van der Waals surface area contributed by atoms with Gasteiger partial charge >= 0.3 is 0 Å². The summed E-state index contributed by atoms with van der Waals surface area (Å²) in [6.45, 7) is 8.67.